The zero-order valence-corrected chi connectivity index (χ0v) is 17.1. The van der Waals surface area contributed by atoms with Crippen molar-refractivity contribution < 1.29 is 4.74 Å². The highest BCUT2D eigenvalue weighted by Crippen LogP contribution is 2.16. The Balaban J connectivity index is 1.50. The second kappa shape index (κ2) is 10.2. The van der Waals surface area contributed by atoms with E-state index in [-0.39, 0.29) is 6.04 Å². The highest BCUT2D eigenvalue weighted by molar-refractivity contribution is 5.80. The standard InChI is InChI=1S/C21H32N6O/c1-17(16-26-10-12-28-13-11-26)15-23-21(22-3)25-18(2)19-6-4-7-20(14-19)27-9-5-8-24-27/h4-9,14,17-18H,10-13,15-16H2,1-3H3,(H2,22,23,25). The molecular formula is C21H32N6O. The Morgan fingerprint density at radius 2 is 2.07 bits per heavy atom. The van der Waals surface area contributed by atoms with Gasteiger partial charge in [0.25, 0.3) is 0 Å². The number of guanidine groups is 1. The topological polar surface area (TPSA) is 66.7 Å². The first kappa shape index (κ1) is 20.4. The summed E-state index contributed by atoms with van der Waals surface area (Å²) in [4.78, 5) is 6.86. The van der Waals surface area contributed by atoms with Gasteiger partial charge in [0.1, 0.15) is 0 Å². The monoisotopic (exact) mass is 384 g/mol. The number of morpholine rings is 1. The lowest BCUT2D eigenvalue weighted by molar-refractivity contribution is 0.0320. The van der Waals surface area contributed by atoms with Crippen molar-refractivity contribution in [3.05, 3.63) is 48.3 Å². The quantitative estimate of drug-likeness (QED) is 0.565. The van der Waals surface area contributed by atoms with Crippen LogP contribution in [-0.4, -0.2) is 67.1 Å². The molecule has 3 rings (SSSR count). The molecule has 1 aromatic heterocycles. The largest absolute Gasteiger partial charge is 0.379 e. The van der Waals surface area contributed by atoms with E-state index in [1.54, 1.807) is 6.20 Å². The number of nitrogens with one attached hydrogen (secondary N) is 2. The summed E-state index contributed by atoms with van der Waals surface area (Å²) in [5.74, 6) is 1.36. The first-order valence-electron chi connectivity index (χ1n) is 10.0. The van der Waals surface area contributed by atoms with Gasteiger partial charge in [-0.25, -0.2) is 4.68 Å². The maximum Gasteiger partial charge on any atom is 0.191 e. The number of rotatable bonds is 7. The third-order valence-electron chi connectivity index (χ3n) is 5.01. The number of ether oxygens (including phenoxy) is 1. The predicted octanol–water partition coefficient (Wildman–Crippen LogP) is 2.07. The molecule has 0 spiro atoms. The van der Waals surface area contributed by atoms with Gasteiger partial charge in [0.15, 0.2) is 5.96 Å². The van der Waals surface area contributed by atoms with Crippen LogP contribution in [0.4, 0.5) is 0 Å². The molecule has 2 atom stereocenters. The summed E-state index contributed by atoms with van der Waals surface area (Å²) in [7, 11) is 1.81. The van der Waals surface area contributed by atoms with E-state index in [2.05, 4.69) is 63.7 Å². The van der Waals surface area contributed by atoms with Crippen molar-refractivity contribution in [3.63, 3.8) is 0 Å². The van der Waals surface area contributed by atoms with Gasteiger partial charge in [-0.2, -0.15) is 5.10 Å². The fourth-order valence-electron chi connectivity index (χ4n) is 3.40. The first-order valence-corrected chi connectivity index (χ1v) is 10.0. The Morgan fingerprint density at radius 3 is 2.79 bits per heavy atom. The van der Waals surface area contributed by atoms with Crippen molar-refractivity contribution >= 4 is 5.96 Å². The SMILES string of the molecule is CN=C(NCC(C)CN1CCOCC1)NC(C)c1cccc(-n2cccn2)c1. The van der Waals surface area contributed by atoms with Crippen LogP contribution < -0.4 is 10.6 Å². The minimum atomic E-state index is 0.135. The molecule has 1 aromatic carbocycles. The van der Waals surface area contributed by atoms with Crippen molar-refractivity contribution in [2.45, 2.75) is 19.9 Å². The second-order valence-electron chi connectivity index (χ2n) is 7.38. The molecule has 2 aromatic rings. The van der Waals surface area contributed by atoms with E-state index in [0.717, 1.165) is 51.0 Å². The van der Waals surface area contributed by atoms with Crippen LogP contribution in [0.1, 0.15) is 25.5 Å². The minimum Gasteiger partial charge on any atom is -0.379 e. The molecule has 1 saturated heterocycles. The molecule has 2 N–H and O–H groups in total. The van der Waals surface area contributed by atoms with Crippen molar-refractivity contribution in [1.82, 2.24) is 25.3 Å². The zero-order chi connectivity index (χ0) is 19.8. The zero-order valence-electron chi connectivity index (χ0n) is 17.1. The van der Waals surface area contributed by atoms with Crippen molar-refractivity contribution in [1.29, 1.82) is 0 Å². The lowest BCUT2D eigenvalue weighted by atomic mass is 10.1. The van der Waals surface area contributed by atoms with Gasteiger partial charge in [-0.15, -0.1) is 0 Å². The van der Waals surface area contributed by atoms with Gasteiger partial charge in [0, 0.05) is 45.6 Å². The van der Waals surface area contributed by atoms with Gasteiger partial charge >= 0.3 is 0 Å². The maximum atomic E-state index is 5.42. The number of aliphatic imine (C=N–C) groups is 1. The summed E-state index contributed by atoms with van der Waals surface area (Å²) in [6, 6.07) is 10.5. The molecule has 0 bridgehead atoms. The lowest BCUT2D eigenvalue weighted by Crippen LogP contribution is -2.44. The highest BCUT2D eigenvalue weighted by atomic mass is 16.5. The summed E-state index contributed by atoms with van der Waals surface area (Å²) >= 11 is 0. The van der Waals surface area contributed by atoms with Crippen molar-refractivity contribution in [3.8, 4) is 5.69 Å². The van der Waals surface area contributed by atoms with E-state index in [4.69, 9.17) is 4.74 Å². The molecule has 1 aliphatic rings. The van der Waals surface area contributed by atoms with E-state index in [1.807, 2.05) is 24.0 Å². The average molecular weight is 385 g/mol. The number of nitrogens with zero attached hydrogens (tertiary/aromatic N) is 4. The van der Waals surface area contributed by atoms with Crippen LogP contribution in [0.5, 0.6) is 0 Å². The summed E-state index contributed by atoms with van der Waals surface area (Å²) in [5, 5.41) is 11.3. The fraction of sp³-hybridized carbons (Fsp3) is 0.524. The maximum absolute atomic E-state index is 5.42. The van der Waals surface area contributed by atoms with Gasteiger partial charge in [-0.1, -0.05) is 19.1 Å². The van der Waals surface area contributed by atoms with E-state index >= 15 is 0 Å². The van der Waals surface area contributed by atoms with Crippen LogP contribution in [0.3, 0.4) is 0 Å². The molecule has 0 aliphatic carbocycles. The molecule has 7 heteroatoms. The summed E-state index contributed by atoms with van der Waals surface area (Å²) in [6.45, 7) is 10.1. The van der Waals surface area contributed by atoms with Crippen LogP contribution in [0, 0.1) is 5.92 Å². The number of hydrogen-bond donors (Lipinski definition) is 2. The highest BCUT2D eigenvalue weighted by Gasteiger charge is 2.15. The van der Waals surface area contributed by atoms with E-state index < -0.39 is 0 Å². The summed E-state index contributed by atoms with van der Waals surface area (Å²) in [6.07, 6.45) is 3.74. The van der Waals surface area contributed by atoms with Gasteiger partial charge in [-0.3, -0.25) is 9.89 Å². The number of hydrogen-bond acceptors (Lipinski definition) is 4. The third-order valence-corrected chi connectivity index (χ3v) is 5.01. The van der Waals surface area contributed by atoms with Crippen LogP contribution in [-0.2, 0) is 4.74 Å². The number of aromatic nitrogens is 2. The first-order chi connectivity index (χ1) is 13.7. The third kappa shape index (κ3) is 5.81. The molecule has 0 amide bonds. The van der Waals surface area contributed by atoms with Gasteiger partial charge in [0.05, 0.1) is 24.9 Å². The molecule has 7 nitrogen and oxygen atoms in total. The van der Waals surface area contributed by atoms with E-state index in [0.29, 0.717) is 5.92 Å². The predicted molar refractivity (Wildman–Crippen MR) is 113 cm³/mol. The molecular weight excluding hydrogens is 352 g/mol. The van der Waals surface area contributed by atoms with Gasteiger partial charge in [-0.05, 0) is 36.6 Å². The average Bonchev–Trinajstić information content (AvgIpc) is 3.27. The smallest absolute Gasteiger partial charge is 0.191 e. The summed E-state index contributed by atoms with van der Waals surface area (Å²) < 4.78 is 7.29. The fourth-order valence-corrected chi connectivity index (χ4v) is 3.40. The van der Waals surface area contributed by atoms with Crippen LogP contribution in [0.2, 0.25) is 0 Å². The normalized spacial score (nSPS) is 17.9. The lowest BCUT2D eigenvalue weighted by Gasteiger charge is -2.29. The van der Waals surface area contributed by atoms with Gasteiger partial charge in [0.2, 0.25) is 0 Å². The molecule has 0 radical (unpaired) electrons. The molecule has 152 valence electrons. The van der Waals surface area contributed by atoms with Crippen molar-refractivity contribution in [2.75, 3.05) is 46.4 Å². The molecule has 2 heterocycles. The Bertz CT molecular complexity index is 739. The summed E-state index contributed by atoms with van der Waals surface area (Å²) in [5.41, 5.74) is 2.25. The van der Waals surface area contributed by atoms with Crippen LogP contribution in [0.15, 0.2) is 47.7 Å². The van der Waals surface area contributed by atoms with E-state index in [1.165, 1.54) is 5.56 Å². The van der Waals surface area contributed by atoms with Crippen LogP contribution >= 0.6 is 0 Å². The Labute approximate surface area is 167 Å². The molecule has 1 aliphatic heterocycles. The minimum absolute atomic E-state index is 0.135. The molecule has 0 saturated carbocycles. The van der Waals surface area contributed by atoms with Crippen molar-refractivity contribution in [2.24, 2.45) is 10.9 Å². The van der Waals surface area contributed by atoms with E-state index in [9.17, 15) is 0 Å². The molecule has 2 unspecified atom stereocenters. The number of benzene rings is 1. The Hall–Kier alpha value is -2.38. The van der Waals surface area contributed by atoms with Gasteiger partial charge < -0.3 is 15.4 Å². The molecule has 1 fully saturated rings. The Morgan fingerprint density at radius 1 is 1.25 bits per heavy atom. The molecule has 28 heavy (non-hydrogen) atoms. The second-order valence-corrected chi connectivity index (χ2v) is 7.38. The Kier molecular flexibility index (Phi) is 7.45. The van der Waals surface area contributed by atoms with Crippen LogP contribution in [0.25, 0.3) is 5.69 Å².